The number of carbonyl (C=O) groups is 1. The van der Waals surface area contributed by atoms with Gasteiger partial charge < -0.3 is 24.8 Å². The molecule has 0 aromatic rings. The molecule has 0 aromatic carbocycles. The highest BCUT2D eigenvalue weighted by atomic mass is 16.6. The number of carbonyl (C=O) groups excluding carboxylic acids is 1. The van der Waals surface area contributed by atoms with Gasteiger partial charge in [0.2, 0.25) is 0 Å². The molecule has 2 aliphatic heterocycles. The Morgan fingerprint density at radius 3 is 2.64 bits per heavy atom. The van der Waals surface area contributed by atoms with E-state index >= 15 is 0 Å². The van der Waals surface area contributed by atoms with Crippen LogP contribution in [0.15, 0.2) is 0 Å². The number of rotatable bonds is 3. The molecule has 2 fully saturated rings. The summed E-state index contributed by atoms with van der Waals surface area (Å²) in [6, 6.07) is 0.189. The van der Waals surface area contributed by atoms with Gasteiger partial charge in [0.05, 0.1) is 6.61 Å². The first-order valence-electron chi connectivity index (χ1n) is 8.18. The van der Waals surface area contributed by atoms with Gasteiger partial charge in [-0.25, -0.2) is 4.79 Å². The van der Waals surface area contributed by atoms with Crippen LogP contribution in [0.4, 0.5) is 4.79 Å². The van der Waals surface area contributed by atoms with Crippen molar-refractivity contribution in [1.29, 1.82) is 0 Å². The van der Waals surface area contributed by atoms with Crippen LogP contribution in [0, 0.1) is 5.41 Å². The number of aliphatic hydroxyl groups is 1. The Hall–Kier alpha value is -0.850. The van der Waals surface area contributed by atoms with E-state index in [1.54, 1.807) is 4.90 Å². The maximum atomic E-state index is 12.4. The lowest BCUT2D eigenvalue weighted by molar-refractivity contribution is 0.000489. The number of hydrogen-bond acceptors (Lipinski definition) is 5. The van der Waals surface area contributed by atoms with Crippen molar-refractivity contribution in [3.05, 3.63) is 0 Å². The van der Waals surface area contributed by atoms with Crippen molar-refractivity contribution in [3.63, 3.8) is 0 Å². The molecule has 0 saturated carbocycles. The second-order valence-electron chi connectivity index (χ2n) is 7.64. The van der Waals surface area contributed by atoms with Crippen LogP contribution in [-0.2, 0) is 9.47 Å². The summed E-state index contributed by atoms with van der Waals surface area (Å²) in [7, 11) is 0. The molecular formula is C16H30N2O4. The molecule has 2 aliphatic rings. The molecular weight excluding hydrogens is 284 g/mol. The molecule has 1 spiro atoms. The van der Waals surface area contributed by atoms with E-state index in [9.17, 15) is 9.90 Å². The standard InChI is InChI=1S/C16H30N2O4/c1-12(10-19)17-13-9-18(14(20)22-15(2,3)4)11-16(13)5-7-21-8-6-16/h12-13,17,19H,5-11H2,1-4H3/t12-,13?/m1/s1. The van der Waals surface area contributed by atoms with E-state index in [-0.39, 0.29) is 30.2 Å². The largest absolute Gasteiger partial charge is 0.444 e. The molecule has 0 aromatic heterocycles. The third-order valence-corrected chi connectivity index (χ3v) is 4.55. The molecule has 2 rings (SSSR count). The van der Waals surface area contributed by atoms with Gasteiger partial charge in [0.25, 0.3) is 0 Å². The third-order valence-electron chi connectivity index (χ3n) is 4.55. The molecule has 0 aliphatic carbocycles. The zero-order valence-electron chi connectivity index (χ0n) is 14.2. The molecule has 1 unspecified atom stereocenters. The summed E-state index contributed by atoms with van der Waals surface area (Å²) >= 11 is 0. The molecule has 128 valence electrons. The highest BCUT2D eigenvalue weighted by Gasteiger charge is 2.49. The van der Waals surface area contributed by atoms with Gasteiger partial charge in [0.1, 0.15) is 5.60 Å². The molecule has 2 N–H and O–H groups in total. The Morgan fingerprint density at radius 1 is 1.45 bits per heavy atom. The molecule has 0 bridgehead atoms. The predicted octanol–water partition coefficient (Wildman–Crippen LogP) is 1.37. The minimum atomic E-state index is -0.482. The van der Waals surface area contributed by atoms with Gasteiger partial charge in [-0.15, -0.1) is 0 Å². The Bertz CT molecular complexity index is 388. The van der Waals surface area contributed by atoms with Gasteiger partial charge in [-0.05, 0) is 40.5 Å². The first-order chi connectivity index (χ1) is 10.3. The monoisotopic (exact) mass is 314 g/mol. The average molecular weight is 314 g/mol. The van der Waals surface area contributed by atoms with E-state index in [0.29, 0.717) is 13.1 Å². The summed E-state index contributed by atoms with van der Waals surface area (Å²) in [5.74, 6) is 0. The second-order valence-corrected chi connectivity index (χ2v) is 7.64. The van der Waals surface area contributed by atoms with Crippen molar-refractivity contribution < 1.29 is 19.4 Å². The van der Waals surface area contributed by atoms with E-state index in [2.05, 4.69) is 5.32 Å². The predicted molar refractivity (Wildman–Crippen MR) is 83.8 cm³/mol. The normalized spacial score (nSPS) is 26.2. The fourth-order valence-corrected chi connectivity index (χ4v) is 3.34. The molecule has 6 heteroatoms. The van der Waals surface area contributed by atoms with E-state index < -0.39 is 5.60 Å². The zero-order chi connectivity index (χ0) is 16.4. The van der Waals surface area contributed by atoms with Gasteiger partial charge in [0, 0.05) is 43.8 Å². The van der Waals surface area contributed by atoms with Gasteiger partial charge in [0.15, 0.2) is 0 Å². The topological polar surface area (TPSA) is 71.0 Å². The summed E-state index contributed by atoms with van der Waals surface area (Å²) in [5, 5.41) is 12.8. The van der Waals surface area contributed by atoms with Crippen LogP contribution in [0.1, 0.15) is 40.5 Å². The van der Waals surface area contributed by atoms with Crippen molar-refractivity contribution in [1.82, 2.24) is 10.2 Å². The Labute approximate surface area is 133 Å². The van der Waals surface area contributed by atoms with Crippen molar-refractivity contribution in [2.75, 3.05) is 32.9 Å². The summed E-state index contributed by atoms with van der Waals surface area (Å²) in [6.07, 6.45) is 1.61. The number of nitrogens with zero attached hydrogens (tertiary/aromatic N) is 1. The Morgan fingerprint density at radius 2 is 2.09 bits per heavy atom. The van der Waals surface area contributed by atoms with Crippen LogP contribution in [0.3, 0.4) is 0 Å². The quantitative estimate of drug-likeness (QED) is 0.823. The van der Waals surface area contributed by atoms with Crippen molar-refractivity contribution in [3.8, 4) is 0 Å². The minimum absolute atomic E-state index is 0.0170. The maximum Gasteiger partial charge on any atom is 0.410 e. The summed E-state index contributed by atoms with van der Waals surface area (Å²) in [6.45, 7) is 10.5. The van der Waals surface area contributed by atoms with Crippen LogP contribution in [0.5, 0.6) is 0 Å². The third kappa shape index (κ3) is 4.12. The number of likely N-dealkylation sites (tertiary alicyclic amines) is 1. The number of ether oxygens (including phenoxy) is 2. The molecule has 22 heavy (non-hydrogen) atoms. The van der Waals surface area contributed by atoms with Gasteiger partial charge in [-0.3, -0.25) is 0 Å². The minimum Gasteiger partial charge on any atom is -0.444 e. The second kappa shape index (κ2) is 6.72. The van der Waals surface area contributed by atoms with Gasteiger partial charge >= 0.3 is 6.09 Å². The highest BCUT2D eigenvalue weighted by molar-refractivity contribution is 5.68. The fourth-order valence-electron chi connectivity index (χ4n) is 3.34. The van der Waals surface area contributed by atoms with Crippen molar-refractivity contribution in [2.45, 2.75) is 58.2 Å². The SMILES string of the molecule is C[C@H](CO)NC1CN(C(=O)OC(C)(C)C)CC12CCOCC2. The fraction of sp³-hybridized carbons (Fsp3) is 0.938. The van der Waals surface area contributed by atoms with Crippen molar-refractivity contribution >= 4 is 6.09 Å². The summed E-state index contributed by atoms with van der Waals surface area (Å²) in [4.78, 5) is 14.2. The van der Waals surface area contributed by atoms with E-state index in [1.165, 1.54) is 0 Å². The lowest BCUT2D eigenvalue weighted by atomic mass is 9.76. The van der Waals surface area contributed by atoms with E-state index in [1.807, 2.05) is 27.7 Å². The smallest absolute Gasteiger partial charge is 0.410 e. The van der Waals surface area contributed by atoms with Gasteiger partial charge in [-0.1, -0.05) is 0 Å². The lowest BCUT2D eigenvalue weighted by Crippen LogP contribution is -2.51. The van der Waals surface area contributed by atoms with Crippen LogP contribution in [0.25, 0.3) is 0 Å². The number of hydrogen-bond donors (Lipinski definition) is 2. The van der Waals surface area contributed by atoms with Crippen LogP contribution in [0.2, 0.25) is 0 Å². The number of amides is 1. The van der Waals surface area contributed by atoms with E-state index in [4.69, 9.17) is 9.47 Å². The molecule has 2 heterocycles. The molecule has 0 radical (unpaired) electrons. The zero-order valence-corrected chi connectivity index (χ0v) is 14.2. The number of nitrogens with one attached hydrogen (secondary N) is 1. The maximum absolute atomic E-state index is 12.4. The molecule has 1 amide bonds. The molecule has 6 nitrogen and oxygen atoms in total. The molecule has 2 saturated heterocycles. The Balaban J connectivity index is 2.08. The first kappa shape index (κ1) is 17.5. The van der Waals surface area contributed by atoms with E-state index in [0.717, 1.165) is 26.1 Å². The highest BCUT2D eigenvalue weighted by Crippen LogP contribution is 2.40. The summed E-state index contributed by atoms with van der Waals surface area (Å²) in [5.41, 5.74) is -0.456. The first-order valence-corrected chi connectivity index (χ1v) is 8.18. The van der Waals surface area contributed by atoms with Crippen LogP contribution >= 0.6 is 0 Å². The Kier molecular flexibility index (Phi) is 5.35. The van der Waals surface area contributed by atoms with Crippen LogP contribution < -0.4 is 5.32 Å². The molecule has 2 atom stereocenters. The van der Waals surface area contributed by atoms with Crippen molar-refractivity contribution in [2.24, 2.45) is 5.41 Å². The average Bonchev–Trinajstić information content (AvgIpc) is 2.76. The lowest BCUT2D eigenvalue weighted by Gasteiger charge is -2.39. The summed E-state index contributed by atoms with van der Waals surface area (Å²) < 4.78 is 11.0. The van der Waals surface area contributed by atoms with Crippen LogP contribution in [-0.4, -0.2) is 66.7 Å². The number of aliphatic hydroxyl groups excluding tert-OH is 1. The van der Waals surface area contributed by atoms with Gasteiger partial charge in [-0.2, -0.15) is 0 Å².